The summed E-state index contributed by atoms with van der Waals surface area (Å²) in [5.41, 5.74) is 10.1. The van der Waals surface area contributed by atoms with Crippen molar-refractivity contribution in [3.8, 4) is 11.4 Å². The number of halogens is 1. The van der Waals surface area contributed by atoms with E-state index in [0.717, 1.165) is 57.3 Å². The maximum absolute atomic E-state index is 14.2. The fraction of sp³-hybridized carbons (Fsp3) is 0.176. The Bertz CT molecular complexity index is 2050. The number of benzene rings is 3. The summed E-state index contributed by atoms with van der Waals surface area (Å²) in [6.07, 6.45) is 3.83. The lowest BCUT2D eigenvalue weighted by Gasteiger charge is -2.31. The van der Waals surface area contributed by atoms with Crippen LogP contribution in [-0.4, -0.2) is 16.2 Å². The van der Waals surface area contributed by atoms with Crippen LogP contribution in [0.3, 0.4) is 0 Å². The van der Waals surface area contributed by atoms with Crippen LogP contribution in [0.4, 0.5) is 0 Å². The van der Waals surface area contributed by atoms with E-state index >= 15 is 0 Å². The molecule has 7 rings (SSSR count). The highest BCUT2D eigenvalue weighted by atomic mass is 127. The first-order chi connectivity index (χ1) is 19.9. The van der Waals surface area contributed by atoms with Gasteiger partial charge in [-0.1, -0.05) is 47.7 Å². The monoisotopic (exact) mass is 669 g/mol. The summed E-state index contributed by atoms with van der Waals surface area (Å²) in [4.78, 5) is 20.1. The number of methoxy groups -OCH3 is 1. The van der Waals surface area contributed by atoms with Crippen LogP contribution in [0.25, 0.3) is 17.5 Å². The van der Waals surface area contributed by atoms with E-state index in [0.29, 0.717) is 4.53 Å². The molecular formula is C34H28IN3O2S. The lowest BCUT2D eigenvalue weighted by molar-refractivity contribution is 0.413. The molecule has 2 aromatic heterocycles. The van der Waals surface area contributed by atoms with Crippen molar-refractivity contribution < 1.29 is 4.74 Å². The molecule has 0 radical (unpaired) electrons. The molecule has 0 saturated carbocycles. The Balaban J connectivity index is 1.44. The van der Waals surface area contributed by atoms with Crippen molar-refractivity contribution in [3.63, 3.8) is 0 Å². The van der Waals surface area contributed by atoms with Gasteiger partial charge in [-0.2, -0.15) is 0 Å². The predicted octanol–water partition coefficient (Wildman–Crippen LogP) is 6.34. The molecule has 0 spiro atoms. The maximum Gasteiger partial charge on any atom is 0.271 e. The highest BCUT2D eigenvalue weighted by molar-refractivity contribution is 14.1. The maximum atomic E-state index is 14.2. The number of allylic oxidation sites excluding steroid dienone is 1. The Morgan fingerprint density at radius 2 is 1.80 bits per heavy atom. The Labute approximate surface area is 255 Å². The number of nitrogens with zero attached hydrogens (tertiary/aromatic N) is 3. The number of ether oxygens (including phenoxy) is 1. The molecule has 0 unspecified atom stereocenters. The predicted molar refractivity (Wildman–Crippen MR) is 174 cm³/mol. The third-order valence-electron chi connectivity index (χ3n) is 8.12. The van der Waals surface area contributed by atoms with E-state index in [1.54, 1.807) is 7.11 Å². The summed E-state index contributed by atoms with van der Waals surface area (Å²) in [7, 11) is 1.68. The van der Waals surface area contributed by atoms with Gasteiger partial charge in [-0.3, -0.25) is 9.36 Å². The van der Waals surface area contributed by atoms with Gasteiger partial charge in [-0.25, -0.2) is 4.99 Å². The number of thiazole rings is 1. The standard InChI is InChI=1S/C34H28IN3O2S/c1-20-17-24(21(2)37(20)26-14-12-25(35)13-15-26)19-30-33(39)38-32(23-8-6-9-27(18-23)40-3)29-16-11-22-7-4-5-10-28(22)31(29)36-34(38)41-30/h4-10,12-15,17-19,32H,11,16H2,1-3H3/b30-19+/t32-/m0/s1. The molecule has 1 aliphatic carbocycles. The van der Waals surface area contributed by atoms with Crippen molar-refractivity contribution in [2.75, 3.05) is 7.11 Å². The van der Waals surface area contributed by atoms with Crippen molar-refractivity contribution in [1.82, 2.24) is 9.13 Å². The average molecular weight is 670 g/mol. The van der Waals surface area contributed by atoms with Crippen molar-refractivity contribution in [2.45, 2.75) is 32.7 Å². The molecule has 5 aromatic rings. The summed E-state index contributed by atoms with van der Waals surface area (Å²) < 4.78 is 11.6. The largest absolute Gasteiger partial charge is 0.497 e. The van der Waals surface area contributed by atoms with E-state index in [2.05, 4.69) is 102 Å². The summed E-state index contributed by atoms with van der Waals surface area (Å²) in [5.74, 6) is 0.781. The third-order valence-corrected chi connectivity index (χ3v) is 9.83. The Morgan fingerprint density at radius 1 is 1.00 bits per heavy atom. The molecule has 5 nitrogen and oxygen atoms in total. The molecule has 7 heteroatoms. The normalized spacial score (nSPS) is 16.2. The number of rotatable bonds is 4. The van der Waals surface area contributed by atoms with Crippen LogP contribution >= 0.6 is 33.9 Å². The van der Waals surface area contributed by atoms with Gasteiger partial charge in [0, 0.05) is 26.2 Å². The van der Waals surface area contributed by atoms with Crippen LogP contribution in [0.5, 0.6) is 5.75 Å². The highest BCUT2D eigenvalue weighted by Gasteiger charge is 2.32. The van der Waals surface area contributed by atoms with Crippen molar-refractivity contribution in [2.24, 2.45) is 4.99 Å². The molecule has 3 heterocycles. The fourth-order valence-corrected chi connectivity index (χ4v) is 7.55. The summed E-state index contributed by atoms with van der Waals surface area (Å²) in [5, 5.41) is 0. The van der Waals surface area contributed by atoms with Crippen LogP contribution in [0.1, 0.15) is 46.1 Å². The number of aromatic nitrogens is 2. The lowest BCUT2D eigenvalue weighted by atomic mass is 9.83. The minimum atomic E-state index is -0.230. The minimum absolute atomic E-state index is 0.00829. The molecule has 0 fully saturated rings. The Hall–Kier alpha value is -3.69. The smallest absolute Gasteiger partial charge is 0.271 e. The van der Waals surface area contributed by atoms with Gasteiger partial charge < -0.3 is 9.30 Å². The molecular weight excluding hydrogens is 641 g/mol. The van der Waals surface area contributed by atoms with Crippen LogP contribution in [0.15, 0.2) is 94.2 Å². The van der Waals surface area contributed by atoms with Crippen LogP contribution in [-0.2, 0) is 6.42 Å². The zero-order valence-corrected chi connectivity index (χ0v) is 26.0. The summed E-state index contributed by atoms with van der Waals surface area (Å²) in [6.45, 7) is 4.22. The van der Waals surface area contributed by atoms with E-state index in [1.165, 1.54) is 31.6 Å². The first-order valence-corrected chi connectivity index (χ1v) is 15.5. The highest BCUT2D eigenvalue weighted by Crippen LogP contribution is 2.41. The second kappa shape index (κ2) is 10.3. The van der Waals surface area contributed by atoms with Crippen molar-refractivity contribution >= 4 is 45.7 Å². The van der Waals surface area contributed by atoms with Gasteiger partial charge in [-0.15, -0.1) is 0 Å². The SMILES string of the molecule is COc1cccc([C@H]2C3=C(N=c4s/c(=C/c5cc(C)n(-c6ccc(I)cc6)c5C)c(=O)n42)c2ccccc2CC3)c1. The first-order valence-electron chi connectivity index (χ1n) is 13.6. The first kappa shape index (κ1) is 26.2. The van der Waals surface area contributed by atoms with E-state index in [9.17, 15) is 4.79 Å². The number of fused-ring (bicyclic) bond motifs is 3. The zero-order valence-electron chi connectivity index (χ0n) is 23.0. The number of aryl methyl sites for hydroxylation is 2. The Morgan fingerprint density at radius 3 is 2.61 bits per heavy atom. The molecule has 1 atom stereocenters. The summed E-state index contributed by atoms with van der Waals surface area (Å²) >= 11 is 3.80. The Kier molecular flexibility index (Phi) is 6.59. The molecule has 1 aliphatic heterocycles. The third kappa shape index (κ3) is 4.42. The van der Waals surface area contributed by atoms with E-state index in [-0.39, 0.29) is 11.6 Å². The zero-order chi connectivity index (χ0) is 28.2. The number of hydrogen-bond donors (Lipinski definition) is 0. The fourth-order valence-electron chi connectivity index (χ4n) is 6.20. The number of hydrogen-bond acceptors (Lipinski definition) is 4. The quantitative estimate of drug-likeness (QED) is 0.210. The van der Waals surface area contributed by atoms with Crippen molar-refractivity contribution in [1.29, 1.82) is 0 Å². The lowest BCUT2D eigenvalue weighted by Crippen LogP contribution is -2.38. The average Bonchev–Trinajstić information content (AvgIpc) is 3.45. The molecule has 0 N–H and O–H groups in total. The van der Waals surface area contributed by atoms with E-state index in [4.69, 9.17) is 9.73 Å². The second-order valence-corrected chi connectivity index (χ2v) is 12.8. The van der Waals surface area contributed by atoms with Gasteiger partial charge in [0.25, 0.3) is 5.56 Å². The molecule has 204 valence electrons. The second-order valence-electron chi connectivity index (χ2n) is 10.5. The van der Waals surface area contributed by atoms with Gasteiger partial charge in [0.05, 0.1) is 23.4 Å². The van der Waals surface area contributed by atoms with Gasteiger partial charge in [0.1, 0.15) is 5.75 Å². The minimum Gasteiger partial charge on any atom is -0.497 e. The molecule has 3 aromatic carbocycles. The molecule has 0 bridgehead atoms. The van der Waals surface area contributed by atoms with Gasteiger partial charge in [-0.05, 0) is 120 Å². The van der Waals surface area contributed by atoms with Crippen LogP contribution in [0.2, 0.25) is 0 Å². The molecule has 41 heavy (non-hydrogen) atoms. The van der Waals surface area contributed by atoms with Crippen LogP contribution < -0.4 is 19.6 Å². The molecule has 0 amide bonds. The summed E-state index contributed by atoms with van der Waals surface area (Å²) in [6, 6.07) is 27.0. The van der Waals surface area contributed by atoms with Crippen LogP contribution in [0, 0.1) is 17.4 Å². The van der Waals surface area contributed by atoms with Crippen molar-refractivity contribution in [3.05, 3.63) is 141 Å². The van der Waals surface area contributed by atoms with Gasteiger partial charge in [0.15, 0.2) is 4.80 Å². The molecule has 0 saturated heterocycles. The van der Waals surface area contributed by atoms with Gasteiger partial charge >= 0.3 is 0 Å². The van der Waals surface area contributed by atoms with Gasteiger partial charge in [0.2, 0.25) is 0 Å². The van der Waals surface area contributed by atoms with E-state index < -0.39 is 0 Å². The van der Waals surface area contributed by atoms with E-state index in [1.807, 2.05) is 28.8 Å². The molecule has 2 aliphatic rings. The topological polar surface area (TPSA) is 48.5 Å².